The molecular weight excluding hydrogens is 352 g/mol. The maximum absolute atomic E-state index is 12.2. The first-order valence-corrected chi connectivity index (χ1v) is 9.38. The Morgan fingerprint density at radius 3 is 2.62 bits per heavy atom. The van der Waals surface area contributed by atoms with Crippen LogP contribution in [0, 0.1) is 0 Å². The average Bonchev–Trinajstić information content (AvgIpc) is 3.30. The summed E-state index contributed by atoms with van der Waals surface area (Å²) in [6, 6.07) is 8.93. The van der Waals surface area contributed by atoms with Crippen LogP contribution in [0.15, 0.2) is 36.5 Å². The van der Waals surface area contributed by atoms with E-state index in [1.807, 2.05) is 10.7 Å². The lowest BCUT2D eigenvalue weighted by atomic mass is 10.2. The minimum Gasteiger partial charge on any atom is -0.352 e. The van der Waals surface area contributed by atoms with Crippen LogP contribution in [0.5, 0.6) is 0 Å². The number of nitrogens with one attached hydrogen (secondary N) is 2. The van der Waals surface area contributed by atoms with Crippen molar-refractivity contribution in [3.05, 3.63) is 47.1 Å². The number of benzene rings is 1. The van der Waals surface area contributed by atoms with Crippen molar-refractivity contribution in [3.63, 3.8) is 0 Å². The molecule has 1 saturated carbocycles. The Morgan fingerprint density at radius 2 is 1.88 bits per heavy atom. The molecule has 1 fully saturated rings. The lowest BCUT2D eigenvalue weighted by molar-refractivity contribution is -0.116. The summed E-state index contributed by atoms with van der Waals surface area (Å²) in [5.41, 5.74) is 0.555. The smallest absolute Gasteiger partial charge is 0.251 e. The van der Waals surface area contributed by atoms with Crippen LogP contribution in [-0.2, 0) is 4.79 Å². The zero-order valence-electron chi connectivity index (χ0n) is 14.6. The third kappa shape index (κ3) is 4.85. The Balaban J connectivity index is 1.40. The number of anilines is 1. The Hall–Kier alpha value is -2.34. The molecule has 2 N–H and O–H groups in total. The molecule has 2 aromatic rings. The Labute approximate surface area is 157 Å². The molecule has 0 spiro atoms. The first-order chi connectivity index (χ1) is 12.6. The van der Waals surface area contributed by atoms with Gasteiger partial charge in [-0.25, -0.2) is 4.68 Å². The van der Waals surface area contributed by atoms with Crippen LogP contribution in [-0.4, -0.2) is 28.1 Å². The second-order valence-electron chi connectivity index (χ2n) is 6.51. The summed E-state index contributed by atoms with van der Waals surface area (Å²) in [4.78, 5) is 24.1. The Morgan fingerprint density at radius 1 is 1.15 bits per heavy atom. The van der Waals surface area contributed by atoms with E-state index in [2.05, 4.69) is 15.7 Å². The summed E-state index contributed by atoms with van der Waals surface area (Å²) in [6.45, 7) is 0.441. The van der Waals surface area contributed by atoms with Gasteiger partial charge in [0.15, 0.2) is 0 Å². The molecule has 1 aromatic carbocycles. The summed E-state index contributed by atoms with van der Waals surface area (Å²) < 4.78 is 1.92. The molecule has 0 bridgehead atoms. The number of aromatic nitrogens is 2. The van der Waals surface area contributed by atoms with Crippen LogP contribution in [0.25, 0.3) is 0 Å². The molecular formula is C19H23ClN4O2. The molecule has 0 atom stereocenters. The molecule has 1 aromatic heterocycles. The monoisotopic (exact) mass is 374 g/mol. The number of nitrogens with zero attached hydrogens (tertiary/aromatic N) is 2. The first kappa shape index (κ1) is 18.5. The van der Waals surface area contributed by atoms with Crippen LogP contribution in [0.4, 0.5) is 5.82 Å². The van der Waals surface area contributed by atoms with Crippen molar-refractivity contribution in [2.75, 3.05) is 11.9 Å². The molecule has 0 saturated heterocycles. The van der Waals surface area contributed by atoms with E-state index in [-0.39, 0.29) is 11.8 Å². The van der Waals surface area contributed by atoms with Crippen molar-refractivity contribution in [2.24, 2.45) is 0 Å². The molecule has 0 unspecified atom stereocenters. The fraction of sp³-hybridized carbons (Fsp3) is 0.421. The van der Waals surface area contributed by atoms with Gasteiger partial charge < -0.3 is 10.6 Å². The Bertz CT molecular complexity index is 751. The zero-order chi connectivity index (χ0) is 18.4. The molecule has 0 radical (unpaired) electrons. The summed E-state index contributed by atoms with van der Waals surface area (Å²) >= 11 is 5.81. The van der Waals surface area contributed by atoms with Gasteiger partial charge in [-0.3, -0.25) is 9.59 Å². The minimum absolute atomic E-state index is 0.0644. The second-order valence-corrected chi connectivity index (χ2v) is 6.95. The number of amides is 2. The third-order valence-electron chi connectivity index (χ3n) is 4.58. The van der Waals surface area contributed by atoms with E-state index in [0.29, 0.717) is 36.0 Å². The average molecular weight is 375 g/mol. The van der Waals surface area contributed by atoms with Gasteiger partial charge in [-0.1, -0.05) is 24.4 Å². The minimum atomic E-state index is -0.165. The van der Waals surface area contributed by atoms with Gasteiger partial charge in [0.1, 0.15) is 5.82 Å². The normalized spacial score (nSPS) is 14.3. The molecule has 1 aliphatic rings. The fourth-order valence-electron chi connectivity index (χ4n) is 3.21. The van der Waals surface area contributed by atoms with E-state index in [1.54, 1.807) is 30.5 Å². The highest BCUT2D eigenvalue weighted by molar-refractivity contribution is 6.30. The molecule has 0 aliphatic heterocycles. The van der Waals surface area contributed by atoms with Gasteiger partial charge in [-0.15, -0.1) is 0 Å². The number of halogens is 1. The highest BCUT2D eigenvalue weighted by Crippen LogP contribution is 2.31. The molecule has 1 aliphatic carbocycles. The van der Waals surface area contributed by atoms with Crippen molar-refractivity contribution < 1.29 is 9.59 Å². The first-order valence-electron chi connectivity index (χ1n) is 9.00. The molecule has 7 heteroatoms. The van der Waals surface area contributed by atoms with Crippen LogP contribution in [0.1, 0.15) is 54.9 Å². The van der Waals surface area contributed by atoms with Gasteiger partial charge >= 0.3 is 0 Å². The van der Waals surface area contributed by atoms with Crippen molar-refractivity contribution in [1.82, 2.24) is 15.1 Å². The van der Waals surface area contributed by atoms with Crippen molar-refractivity contribution >= 4 is 29.2 Å². The molecule has 2 amide bonds. The summed E-state index contributed by atoms with van der Waals surface area (Å²) in [7, 11) is 0. The molecule has 3 rings (SSSR count). The van der Waals surface area contributed by atoms with Gasteiger partial charge in [0, 0.05) is 29.6 Å². The number of hydrogen-bond acceptors (Lipinski definition) is 3. The Kier molecular flexibility index (Phi) is 6.28. The topological polar surface area (TPSA) is 76.0 Å². The van der Waals surface area contributed by atoms with Crippen molar-refractivity contribution in [3.8, 4) is 0 Å². The number of carbonyl (C=O) groups excluding carboxylic acids is 2. The lowest BCUT2D eigenvalue weighted by Gasteiger charge is -2.14. The van der Waals surface area contributed by atoms with Gasteiger partial charge in [-0.05, 0) is 43.5 Å². The number of carbonyl (C=O) groups is 2. The summed E-state index contributed by atoms with van der Waals surface area (Å²) in [5.74, 6) is 0.527. The van der Waals surface area contributed by atoms with Crippen LogP contribution >= 0.6 is 11.6 Å². The van der Waals surface area contributed by atoms with Gasteiger partial charge in [0.05, 0.1) is 12.2 Å². The summed E-state index contributed by atoms with van der Waals surface area (Å²) in [6.07, 6.45) is 7.29. The van der Waals surface area contributed by atoms with Crippen molar-refractivity contribution in [1.29, 1.82) is 0 Å². The maximum atomic E-state index is 12.2. The molecule has 1 heterocycles. The van der Waals surface area contributed by atoms with E-state index in [9.17, 15) is 9.59 Å². The van der Waals surface area contributed by atoms with E-state index in [1.165, 1.54) is 12.8 Å². The lowest BCUT2D eigenvalue weighted by Crippen LogP contribution is -2.25. The van der Waals surface area contributed by atoms with Crippen LogP contribution in [0.2, 0.25) is 5.02 Å². The zero-order valence-corrected chi connectivity index (χ0v) is 15.3. The van der Waals surface area contributed by atoms with Gasteiger partial charge in [0.2, 0.25) is 5.91 Å². The highest BCUT2D eigenvalue weighted by Gasteiger charge is 2.20. The van der Waals surface area contributed by atoms with Gasteiger partial charge in [0.25, 0.3) is 5.91 Å². The molecule has 138 valence electrons. The predicted molar refractivity (Wildman–Crippen MR) is 101 cm³/mol. The largest absolute Gasteiger partial charge is 0.352 e. The van der Waals surface area contributed by atoms with Crippen molar-refractivity contribution in [2.45, 2.75) is 44.6 Å². The number of rotatable bonds is 7. The third-order valence-corrected chi connectivity index (χ3v) is 4.83. The van der Waals surface area contributed by atoms with Crippen LogP contribution < -0.4 is 10.6 Å². The predicted octanol–water partition coefficient (Wildman–Crippen LogP) is 3.80. The number of hydrogen-bond donors (Lipinski definition) is 2. The second kappa shape index (κ2) is 8.85. The van der Waals surface area contributed by atoms with E-state index >= 15 is 0 Å². The highest BCUT2D eigenvalue weighted by atomic mass is 35.5. The molecule has 26 heavy (non-hydrogen) atoms. The quantitative estimate of drug-likeness (QED) is 0.724. The summed E-state index contributed by atoms with van der Waals surface area (Å²) in [5, 5.41) is 10.7. The SMILES string of the molecule is O=C(CCCNC(=O)c1ccc(Cl)cc1)Nc1ccnn1C1CCCC1. The standard InChI is InChI=1S/C19H23ClN4O2/c20-15-9-7-14(8-10-15)19(26)21-12-3-6-18(25)23-17-11-13-22-24(17)16-4-1-2-5-16/h7-11,13,16H,1-6,12H2,(H,21,26)(H,23,25). The van der Waals surface area contributed by atoms with E-state index < -0.39 is 0 Å². The van der Waals surface area contributed by atoms with Gasteiger partial charge in [-0.2, -0.15) is 5.10 Å². The van der Waals surface area contributed by atoms with E-state index in [0.717, 1.165) is 18.7 Å². The molecule has 6 nitrogen and oxygen atoms in total. The fourth-order valence-corrected chi connectivity index (χ4v) is 3.34. The maximum Gasteiger partial charge on any atom is 0.251 e. The van der Waals surface area contributed by atoms with Crippen LogP contribution in [0.3, 0.4) is 0 Å². The van der Waals surface area contributed by atoms with E-state index in [4.69, 9.17) is 11.6 Å².